The highest BCUT2D eigenvalue weighted by Crippen LogP contribution is 2.33. The van der Waals surface area contributed by atoms with Crippen LogP contribution in [-0.2, 0) is 0 Å². The number of aliphatic imine (C=N–C) groups is 2. The maximum absolute atomic E-state index is 9.80. The number of hydrogen-bond acceptors (Lipinski definition) is 4. The van der Waals surface area contributed by atoms with Gasteiger partial charge in [0.1, 0.15) is 6.17 Å². The number of nitrogens with one attached hydrogen (secondary N) is 1. The van der Waals surface area contributed by atoms with Gasteiger partial charge in [0.25, 0.3) is 0 Å². The van der Waals surface area contributed by atoms with Gasteiger partial charge in [-0.3, -0.25) is 4.99 Å². The van der Waals surface area contributed by atoms with Crippen LogP contribution in [0.1, 0.15) is 31.2 Å². The molecule has 0 bridgehead atoms. The molecule has 138 valence electrons. The number of guanidine groups is 1. The number of hydrogen-bond donors (Lipinski definition) is 2. The van der Waals surface area contributed by atoms with E-state index in [1.807, 2.05) is 12.3 Å². The van der Waals surface area contributed by atoms with E-state index in [2.05, 4.69) is 56.6 Å². The van der Waals surface area contributed by atoms with Crippen LogP contribution in [0.25, 0.3) is 5.70 Å². The van der Waals surface area contributed by atoms with Gasteiger partial charge in [0, 0.05) is 32.4 Å². The Balaban J connectivity index is 1.63. The van der Waals surface area contributed by atoms with E-state index in [1.54, 1.807) is 7.05 Å². The predicted octanol–water partition coefficient (Wildman–Crippen LogP) is 2.10. The average Bonchev–Trinajstić information content (AvgIpc) is 3.04. The second-order valence-electron chi connectivity index (χ2n) is 7.40. The molecular weight excluding hydrogens is 326 g/mol. The molecule has 1 aromatic rings. The molecule has 0 amide bonds. The molecule has 2 aliphatic heterocycles. The van der Waals surface area contributed by atoms with Crippen molar-refractivity contribution >= 4 is 17.9 Å². The van der Waals surface area contributed by atoms with Crippen LogP contribution < -0.4 is 5.43 Å². The maximum atomic E-state index is 9.80. The molecule has 0 aromatic heterocycles. The van der Waals surface area contributed by atoms with Crippen LogP contribution in [0.2, 0.25) is 0 Å². The van der Waals surface area contributed by atoms with Crippen LogP contribution >= 0.6 is 0 Å². The van der Waals surface area contributed by atoms with Gasteiger partial charge in [-0.1, -0.05) is 30.3 Å². The summed E-state index contributed by atoms with van der Waals surface area (Å²) in [6, 6.07) is 10.4. The molecule has 1 aliphatic carbocycles. The molecule has 1 aromatic carbocycles. The van der Waals surface area contributed by atoms with Crippen molar-refractivity contribution in [3.63, 3.8) is 0 Å². The number of aliphatic hydroxyl groups excluding tert-OH is 1. The molecule has 6 nitrogen and oxygen atoms in total. The second-order valence-corrected chi connectivity index (χ2v) is 7.40. The van der Waals surface area contributed by atoms with Gasteiger partial charge in [-0.05, 0) is 37.2 Å². The lowest BCUT2D eigenvalue weighted by Gasteiger charge is -2.38. The van der Waals surface area contributed by atoms with Crippen molar-refractivity contribution < 1.29 is 5.11 Å². The fourth-order valence-electron chi connectivity index (χ4n) is 4.25. The first-order valence-corrected chi connectivity index (χ1v) is 9.42. The number of benzene rings is 1. The highest BCUT2D eigenvalue weighted by atomic mass is 16.3. The van der Waals surface area contributed by atoms with Gasteiger partial charge >= 0.3 is 0 Å². The van der Waals surface area contributed by atoms with Crippen molar-refractivity contribution in [3.05, 3.63) is 41.5 Å². The molecule has 26 heavy (non-hydrogen) atoms. The number of aliphatic hydroxyl groups is 1. The Morgan fingerprint density at radius 2 is 1.92 bits per heavy atom. The zero-order valence-corrected chi connectivity index (χ0v) is 15.5. The van der Waals surface area contributed by atoms with Crippen molar-refractivity contribution in [2.45, 2.75) is 38.0 Å². The van der Waals surface area contributed by atoms with E-state index in [0.717, 1.165) is 43.9 Å². The van der Waals surface area contributed by atoms with Gasteiger partial charge in [0.15, 0.2) is 0 Å². The molecule has 0 radical (unpaired) electrons. The minimum absolute atomic E-state index is 0.0910. The Kier molecular flexibility index (Phi) is 4.78. The van der Waals surface area contributed by atoms with E-state index in [-0.39, 0.29) is 12.3 Å². The summed E-state index contributed by atoms with van der Waals surface area (Å²) in [7, 11) is 3.84. The van der Waals surface area contributed by atoms with E-state index >= 15 is 0 Å². The Hall–Kier alpha value is -2.18. The molecule has 3 aliphatic rings. The summed E-state index contributed by atoms with van der Waals surface area (Å²) in [5.41, 5.74) is 7.12. The number of nitrogens with zero attached hydrogens (tertiary/aromatic N) is 4. The quantitative estimate of drug-likeness (QED) is 0.873. The average molecular weight is 353 g/mol. The van der Waals surface area contributed by atoms with E-state index in [9.17, 15) is 5.11 Å². The summed E-state index contributed by atoms with van der Waals surface area (Å²) >= 11 is 0. The minimum Gasteiger partial charge on any atom is -0.393 e. The first-order chi connectivity index (χ1) is 12.7. The van der Waals surface area contributed by atoms with Crippen LogP contribution in [-0.4, -0.2) is 60.1 Å². The summed E-state index contributed by atoms with van der Waals surface area (Å²) in [5, 5.41) is 12.1. The van der Waals surface area contributed by atoms with Crippen LogP contribution in [0.15, 0.2) is 45.9 Å². The molecule has 1 atom stereocenters. The van der Waals surface area contributed by atoms with E-state index in [4.69, 9.17) is 0 Å². The Bertz CT molecular complexity index is 734. The Labute approximate surface area is 154 Å². The lowest BCUT2D eigenvalue weighted by atomic mass is 9.87. The molecule has 2 N–H and O–H groups in total. The molecule has 2 heterocycles. The Morgan fingerprint density at radius 3 is 2.62 bits per heavy atom. The smallest absolute Gasteiger partial charge is 0.221 e. The van der Waals surface area contributed by atoms with Crippen LogP contribution in [0.5, 0.6) is 0 Å². The van der Waals surface area contributed by atoms with Gasteiger partial charge in [-0.2, -0.15) is 5.01 Å². The summed E-state index contributed by atoms with van der Waals surface area (Å²) in [4.78, 5) is 11.0. The second kappa shape index (κ2) is 7.21. The standard InChI is InChI=1S/C20H27N5O/c1-21-20-22-12-17-18(15-6-4-3-5-7-15)23-25(19(17)24(20)2)13-14-8-10-16(26)11-9-14/h3-7,12,14,16,19,23,26H,8-11,13H2,1-2H3. The third-order valence-corrected chi connectivity index (χ3v) is 5.65. The molecule has 0 saturated heterocycles. The summed E-state index contributed by atoms with van der Waals surface area (Å²) in [5.74, 6) is 1.34. The molecule has 1 fully saturated rings. The van der Waals surface area contributed by atoms with Gasteiger partial charge in [0.2, 0.25) is 5.96 Å². The topological polar surface area (TPSA) is 63.5 Å². The highest BCUT2D eigenvalue weighted by molar-refractivity contribution is 6.03. The van der Waals surface area contributed by atoms with Crippen molar-refractivity contribution in [2.24, 2.45) is 15.9 Å². The van der Waals surface area contributed by atoms with Crippen molar-refractivity contribution in [2.75, 3.05) is 20.6 Å². The largest absolute Gasteiger partial charge is 0.393 e. The van der Waals surface area contributed by atoms with Crippen molar-refractivity contribution in [1.29, 1.82) is 0 Å². The first kappa shape index (κ1) is 17.2. The van der Waals surface area contributed by atoms with Crippen LogP contribution in [0.4, 0.5) is 0 Å². The fraction of sp³-hybridized carbons (Fsp3) is 0.500. The van der Waals surface area contributed by atoms with E-state index in [0.29, 0.717) is 5.92 Å². The molecular formula is C20H27N5O. The van der Waals surface area contributed by atoms with Crippen molar-refractivity contribution in [1.82, 2.24) is 15.3 Å². The summed E-state index contributed by atoms with van der Waals surface area (Å²) in [6.07, 6.45) is 5.90. The number of fused-ring (bicyclic) bond motifs is 1. The Morgan fingerprint density at radius 1 is 1.19 bits per heavy atom. The van der Waals surface area contributed by atoms with Gasteiger partial charge in [-0.15, -0.1) is 0 Å². The van der Waals surface area contributed by atoms with Gasteiger partial charge in [-0.25, -0.2) is 4.99 Å². The predicted molar refractivity (Wildman–Crippen MR) is 105 cm³/mol. The molecule has 4 rings (SSSR count). The van der Waals surface area contributed by atoms with Crippen LogP contribution in [0.3, 0.4) is 0 Å². The van der Waals surface area contributed by atoms with Gasteiger partial charge < -0.3 is 15.4 Å². The first-order valence-electron chi connectivity index (χ1n) is 9.42. The summed E-state index contributed by atoms with van der Waals surface area (Å²) < 4.78 is 0. The van der Waals surface area contributed by atoms with Gasteiger partial charge in [0.05, 0.1) is 11.8 Å². The normalized spacial score (nSPS) is 30.7. The minimum atomic E-state index is -0.116. The van der Waals surface area contributed by atoms with Crippen LogP contribution in [0, 0.1) is 5.92 Å². The highest BCUT2D eigenvalue weighted by Gasteiger charge is 2.39. The molecule has 1 unspecified atom stereocenters. The summed E-state index contributed by atoms with van der Waals surface area (Å²) in [6.45, 7) is 0.951. The zero-order valence-electron chi connectivity index (χ0n) is 15.5. The van der Waals surface area contributed by atoms with E-state index in [1.165, 1.54) is 11.1 Å². The lowest BCUT2D eigenvalue weighted by molar-refractivity contribution is 0.0616. The molecule has 6 heteroatoms. The number of hydrazine groups is 1. The maximum Gasteiger partial charge on any atom is 0.221 e. The number of likely N-dealkylation sites (N-methyl/N-ethyl adjacent to an activating group) is 1. The van der Waals surface area contributed by atoms with Crippen molar-refractivity contribution in [3.8, 4) is 0 Å². The third kappa shape index (κ3) is 3.15. The number of rotatable bonds is 3. The fourth-order valence-corrected chi connectivity index (χ4v) is 4.25. The molecule has 1 saturated carbocycles. The molecule has 0 spiro atoms. The SMILES string of the molecule is CN=C1N=CC2=C(c3ccccc3)NN(CC3CCC(O)CC3)C2N1C. The monoisotopic (exact) mass is 353 g/mol. The van der Waals surface area contributed by atoms with E-state index < -0.39 is 0 Å². The third-order valence-electron chi connectivity index (χ3n) is 5.65. The lowest BCUT2D eigenvalue weighted by Crippen LogP contribution is -2.53. The zero-order chi connectivity index (χ0) is 18.1.